The van der Waals surface area contributed by atoms with Crippen LogP contribution in [0.5, 0.6) is 0 Å². The normalized spacial score (nSPS) is 11.2. The number of esters is 1. The highest BCUT2D eigenvalue weighted by molar-refractivity contribution is 6.30. The number of methoxy groups -OCH3 is 1. The minimum atomic E-state index is -0.844. The average Bonchev–Trinajstić information content (AvgIpc) is 2.38. The van der Waals surface area contributed by atoms with Crippen LogP contribution in [0.2, 0.25) is 5.02 Å². The Morgan fingerprint density at radius 3 is 2.56 bits per heavy atom. The maximum atomic E-state index is 11.8. The van der Waals surface area contributed by atoms with Crippen LogP contribution in [0.25, 0.3) is 0 Å². The van der Waals surface area contributed by atoms with Gasteiger partial charge in [0.25, 0.3) is 5.91 Å². The number of amides is 1. The van der Waals surface area contributed by atoms with Crippen LogP contribution in [0.4, 0.5) is 0 Å². The van der Waals surface area contributed by atoms with Gasteiger partial charge in [-0.1, -0.05) is 11.6 Å². The number of carbonyl (C=O) groups excluding carboxylic acids is 2. The molecule has 1 atom stereocenters. The third-order valence-electron chi connectivity index (χ3n) is 2.22. The number of ether oxygens (including phenoxy) is 1. The number of carbonyl (C=O) groups is 2. The van der Waals surface area contributed by atoms with Crippen molar-refractivity contribution < 1.29 is 14.3 Å². The number of benzene rings is 1. The summed E-state index contributed by atoms with van der Waals surface area (Å²) < 4.78 is 4.55. The zero-order chi connectivity index (χ0) is 13.5. The second-order valence-corrected chi connectivity index (χ2v) is 3.90. The first-order valence-electron chi connectivity index (χ1n) is 5.16. The van der Waals surface area contributed by atoms with E-state index in [2.05, 4.69) is 16.0 Å². The van der Waals surface area contributed by atoms with E-state index in [1.54, 1.807) is 24.3 Å². The third kappa shape index (κ3) is 3.79. The van der Waals surface area contributed by atoms with Crippen molar-refractivity contribution in [3.8, 4) is 12.3 Å². The summed E-state index contributed by atoms with van der Waals surface area (Å²) in [6.07, 6.45) is 5.21. The number of hydrogen-bond donors (Lipinski definition) is 1. The van der Waals surface area contributed by atoms with E-state index in [9.17, 15) is 9.59 Å². The van der Waals surface area contributed by atoms with Gasteiger partial charge in [-0.25, -0.2) is 4.79 Å². The van der Waals surface area contributed by atoms with Crippen molar-refractivity contribution in [2.24, 2.45) is 0 Å². The smallest absolute Gasteiger partial charge is 0.329 e. The summed E-state index contributed by atoms with van der Waals surface area (Å²) in [4.78, 5) is 23.2. The standard InChI is InChI=1S/C13H12ClNO3/c1-3-4-11(13(17)18-2)15-12(16)9-5-7-10(14)8-6-9/h1,5-8,11H,4H2,2H3,(H,15,16)/t11-/m0/s1. The number of halogens is 1. The summed E-state index contributed by atoms with van der Waals surface area (Å²) in [6.45, 7) is 0. The van der Waals surface area contributed by atoms with Crippen molar-refractivity contribution in [3.63, 3.8) is 0 Å². The molecule has 1 aromatic carbocycles. The van der Waals surface area contributed by atoms with Crippen LogP contribution >= 0.6 is 11.6 Å². The van der Waals surface area contributed by atoms with Gasteiger partial charge in [0.2, 0.25) is 0 Å². The Bertz CT molecular complexity index is 476. The molecule has 0 heterocycles. The van der Waals surface area contributed by atoms with E-state index in [1.807, 2.05) is 0 Å². The number of nitrogens with one attached hydrogen (secondary N) is 1. The maximum absolute atomic E-state index is 11.8. The number of hydrogen-bond acceptors (Lipinski definition) is 3. The molecular formula is C13H12ClNO3. The highest BCUT2D eigenvalue weighted by Crippen LogP contribution is 2.09. The zero-order valence-corrected chi connectivity index (χ0v) is 10.5. The third-order valence-corrected chi connectivity index (χ3v) is 2.47. The van der Waals surface area contributed by atoms with E-state index in [1.165, 1.54) is 7.11 Å². The molecule has 1 amide bonds. The molecule has 0 fully saturated rings. The number of terminal acetylenes is 1. The first kappa shape index (κ1) is 14.1. The van der Waals surface area contributed by atoms with Crippen LogP contribution in [0.1, 0.15) is 16.8 Å². The summed E-state index contributed by atoms with van der Waals surface area (Å²) >= 11 is 5.71. The van der Waals surface area contributed by atoms with Crippen LogP contribution in [-0.4, -0.2) is 25.0 Å². The Morgan fingerprint density at radius 2 is 2.06 bits per heavy atom. The van der Waals surface area contributed by atoms with Crippen LogP contribution in [0, 0.1) is 12.3 Å². The van der Waals surface area contributed by atoms with Gasteiger partial charge in [0.1, 0.15) is 6.04 Å². The fraction of sp³-hybridized carbons (Fsp3) is 0.231. The van der Waals surface area contributed by atoms with Crippen molar-refractivity contribution in [2.45, 2.75) is 12.5 Å². The molecule has 0 aliphatic carbocycles. The summed E-state index contributed by atoms with van der Waals surface area (Å²) in [7, 11) is 1.24. The SMILES string of the molecule is C#CC[C@H](NC(=O)c1ccc(Cl)cc1)C(=O)OC. The summed E-state index contributed by atoms with van der Waals surface area (Å²) in [5.74, 6) is 1.33. The number of rotatable bonds is 4. The summed E-state index contributed by atoms with van der Waals surface area (Å²) in [5, 5.41) is 3.03. The molecule has 0 unspecified atom stereocenters. The van der Waals surface area contributed by atoms with Gasteiger partial charge in [-0.3, -0.25) is 4.79 Å². The van der Waals surface area contributed by atoms with Gasteiger partial charge in [0.05, 0.1) is 7.11 Å². The first-order valence-corrected chi connectivity index (χ1v) is 5.54. The molecule has 0 radical (unpaired) electrons. The Morgan fingerprint density at radius 1 is 1.44 bits per heavy atom. The molecule has 0 aliphatic heterocycles. The first-order chi connectivity index (χ1) is 8.58. The van der Waals surface area contributed by atoms with Crippen LogP contribution in [0.3, 0.4) is 0 Å². The van der Waals surface area contributed by atoms with Crippen molar-refractivity contribution in [1.82, 2.24) is 5.32 Å². The maximum Gasteiger partial charge on any atom is 0.329 e. The van der Waals surface area contributed by atoms with Crippen LogP contribution in [-0.2, 0) is 9.53 Å². The lowest BCUT2D eigenvalue weighted by Gasteiger charge is -2.13. The average molecular weight is 266 g/mol. The minimum absolute atomic E-state index is 0.0754. The second-order valence-electron chi connectivity index (χ2n) is 3.46. The van der Waals surface area contributed by atoms with Gasteiger partial charge in [-0.15, -0.1) is 12.3 Å². The van der Waals surface area contributed by atoms with Crippen LogP contribution in [0.15, 0.2) is 24.3 Å². The lowest BCUT2D eigenvalue weighted by molar-refractivity contribution is -0.142. The molecule has 4 nitrogen and oxygen atoms in total. The lowest BCUT2D eigenvalue weighted by atomic mass is 10.1. The lowest BCUT2D eigenvalue weighted by Crippen LogP contribution is -2.41. The van der Waals surface area contributed by atoms with E-state index in [-0.39, 0.29) is 6.42 Å². The predicted molar refractivity (Wildman–Crippen MR) is 68.2 cm³/mol. The molecule has 94 valence electrons. The largest absolute Gasteiger partial charge is 0.467 e. The van der Waals surface area contributed by atoms with Crippen LogP contribution < -0.4 is 5.32 Å². The topological polar surface area (TPSA) is 55.4 Å². The Balaban J connectivity index is 2.75. The molecule has 0 saturated heterocycles. The summed E-state index contributed by atoms with van der Waals surface area (Å²) in [6, 6.07) is 5.45. The zero-order valence-electron chi connectivity index (χ0n) is 9.77. The van der Waals surface area contributed by atoms with E-state index in [0.717, 1.165) is 0 Å². The van der Waals surface area contributed by atoms with Gasteiger partial charge >= 0.3 is 5.97 Å². The van der Waals surface area contributed by atoms with Gasteiger partial charge in [-0.05, 0) is 24.3 Å². The monoisotopic (exact) mass is 265 g/mol. The van der Waals surface area contributed by atoms with Crippen molar-refractivity contribution >= 4 is 23.5 Å². The second kappa shape index (κ2) is 6.67. The van der Waals surface area contributed by atoms with Crippen molar-refractivity contribution in [2.75, 3.05) is 7.11 Å². The van der Waals surface area contributed by atoms with E-state index in [4.69, 9.17) is 18.0 Å². The molecule has 0 saturated carbocycles. The molecular weight excluding hydrogens is 254 g/mol. The van der Waals surface area contributed by atoms with Gasteiger partial charge in [0, 0.05) is 17.0 Å². The molecule has 1 rings (SSSR count). The Hall–Kier alpha value is -1.99. The fourth-order valence-corrected chi connectivity index (χ4v) is 1.42. The molecule has 1 N–H and O–H groups in total. The highest BCUT2D eigenvalue weighted by atomic mass is 35.5. The van der Waals surface area contributed by atoms with E-state index < -0.39 is 17.9 Å². The molecule has 1 aromatic rings. The fourth-order valence-electron chi connectivity index (χ4n) is 1.30. The van der Waals surface area contributed by atoms with Gasteiger partial charge in [0.15, 0.2) is 0 Å². The molecule has 0 aliphatic rings. The molecule has 5 heteroatoms. The quantitative estimate of drug-likeness (QED) is 0.665. The Kier molecular flexibility index (Phi) is 5.22. The minimum Gasteiger partial charge on any atom is -0.467 e. The molecule has 0 aromatic heterocycles. The summed E-state index contributed by atoms with van der Waals surface area (Å²) in [5.41, 5.74) is 0.394. The van der Waals surface area contributed by atoms with Crippen molar-refractivity contribution in [3.05, 3.63) is 34.9 Å². The Labute approximate surface area is 110 Å². The van der Waals surface area contributed by atoms with Crippen molar-refractivity contribution in [1.29, 1.82) is 0 Å². The van der Waals surface area contributed by atoms with Gasteiger partial charge in [-0.2, -0.15) is 0 Å². The predicted octanol–water partition coefficient (Wildman–Crippen LogP) is 1.63. The molecule has 0 spiro atoms. The van der Waals surface area contributed by atoms with E-state index >= 15 is 0 Å². The molecule has 18 heavy (non-hydrogen) atoms. The van der Waals surface area contributed by atoms with E-state index in [0.29, 0.717) is 10.6 Å². The van der Waals surface area contributed by atoms with Gasteiger partial charge < -0.3 is 10.1 Å². The molecule has 0 bridgehead atoms. The highest BCUT2D eigenvalue weighted by Gasteiger charge is 2.20.